The van der Waals surface area contributed by atoms with Crippen LogP contribution in [0, 0.1) is 0 Å². The molecule has 1 aliphatic rings. The van der Waals surface area contributed by atoms with Gasteiger partial charge in [0.1, 0.15) is 0 Å². The Kier molecular flexibility index (Phi) is 7.66. The molecule has 2 atom stereocenters. The van der Waals surface area contributed by atoms with Gasteiger partial charge in [-0.3, -0.25) is 9.69 Å². The lowest BCUT2D eigenvalue weighted by molar-refractivity contribution is -0.132. The summed E-state index contributed by atoms with van der Waals surface area (Å²) in [7, 11) is 1.88. The smallest absolute Gasteiger partial charge is 0.236 e. The molecule has 0 aliphatic carbocycles. The number of piperidine rings is 1. The number of likely N-dealkylation sites (tertiary alicyclic amines) is 1. The van der Waals surface area contributed by atoms with Crippen LogP contribution in [0.25, 0.3) is 0 Å². The molecule has 2 N–H and O–H groups in total. The van der Waals surface area contributed by atoms with Crippen molar-refractivity contribution in [2.45, 2.75) is 44.8 Å². The highest BCUT2D eigenvalue weighted by molar-refractivity contribution is 7.09. The van der Waals surface area contributed by atoms with E-state index in [0.717, 1.165) is 13.0 Å². The lowest BCUT2D eigenvalue weighted by Crippen LogP contribution is -2.52. The number of hydrogen-bond donors (Lipinski definition) is 1. The molecule has 1 fully saturated rings. The third kappa shape index (κ3) is 5.25. The van der Waals surface area contributed by atoms with Gasteiger partial charge in [0.25, 0.3) is 0 Å². The number of thiophene rings is 1. The minimum atomic E-state index is 0. The number of likely N-dealkylation sites (N-methyl/N-ethyl adjacent to an activating group) is 1. The predicted octanol–water partition coefficient (Wildman–Crippen LogP) is 2.33. The van der Waals surface area contributed by atoms with Crippen LogP contribution in [-0.4, -0.2) is 47.9 Å². The molecule has 0 radical (unpaired) electrons. The van der Waals surface area contributed by atoms with Crippen molar-refractivity contribution in [3.05, 3.63) is 22.4 Å². The van der Waals surface area contributed by atoms with E-state index in [9.17, 15) is 4.79 Å². The van der Waals surface area contributed by atoms with E-state index in [2.05, 4.69) is 11.0 Å². The second-order valence-electron chi connectivity index (χ2n) is 5.72. The Hall–Kier alpha value is -0.620. The second-order valence-corrected chi connectivity index (χ2v) is 6.75. The third-order valence-electron chi connectivity index (χ3n) is 4.01. The van der Waals surface area contributed by atoms with Gasteiger partial charge in [-0.15, -0.1) is 23.7 Å². The molecule has 0 saturated carbocycles. The van der Waals surface area contributed by atoms with Gasteiger partial charge in [0.15, 0.2) is 0 Å². The number of carbonyl (C=O) groups is 1. The first kappa shape index (κ1) is 18.4. The molecule has 2 heterocycles. The normalized spacial score (nSPS) is 20.6. The summed E-state index contributed by atoms with van der Waals surface area (Å²) in [6.07, 6.45) is 3.51. The van der Waals surface area contributed by atoms with Crippen molar-refractivity contribution in [2.24, 2.45) is 5.73 Å². The number of amides is 1. The SMILES string of the molecule is CC(N)C1CCCCN1CC(=O)N(C)Cc1cccs1.Cl. The van der Waals surface area contributed by atoms with Gasteiger partial charge in [-0.1, -0.05) is 12.5 Å². The topological polar surface area (TPSA) is 49.6 Å². The zero-order valence-corrected chi connectivity index (χ0v) is 14.5. The van der Waals surface area contributed by atoms with E-state index in [1.54, 1.807) is 11.3 Å². The van der Waals surface area contributed by atoms with Gasteiger partial charge < -0.3 is 10.6 Å². The molecule has 0 aromatic carbocycles. The van der Waals surface area contributed by atoms with Crippen LogP contribution >= 0.6 is 23.7 Å². The van der Waals surface area contributed by atoms with Crippen molar-refractivity contribution in [3.8, 4) is 0 Å². The molecule has 0 bridgehead atoms. The average Bonchev–Trinajstić information content (AvgIpc) is 2.91. The largest absolute Gasteiger partial charge is 0.340 e. The summed E-state index contributed by atoms with van der Waals surface area (Å²) >= 11 is 1.69. The fourth-order valence-corrected chi connectivity index (χ4v) is 3.58. The maximum absolute atomic E-state index is 12.4. The lowest BCUT2D eigenvalue weighted by atomic mass is 9.97. The quantitative estimate of drug-likeness (QED) is 0.901. The first-order valence-electron chi connectivity index (χ1n) is 7.34. The van der Waals surface area contributed by atoms with Gasteiger partial charge in [-0.2, -0.15) is 0 Å². The number of rotatable bonds is 5. The standard InChI is InChI=1S/C15H25N3OS.ClH/c1-12(16)14-7-3-4-8-18(14)11-15(19)17(2)10-13-6-5-9-20-13;/h5-6,9,12,14H,3-4,7-8,10-11,16H2,1-2H3;1H. The van der Waals surface area contributed by atoms with Crippen molar-refractivity contribution in [3.63, 3.8) is 0 Å². The molecule has 21 heavy (non-hydrogen) atoms. The Morgan fingerprint density at radius 3 is 2.95 bits per heavy atom. The second kappa shape index (κ2) is 8.73. The summed E-state index contributed by atoms with van der Waals surface area (Å²) in [5.41, 5.74) is 6.05. The molecule has 1 aromatic rings. The Balaban J connectivity index is 0.00000220. The number of nitrogens with zero attached hydrogens (tertiary/aromatic N) is 2. The highest BCUT2D eigenvalue weighted by Gasteiger charge is 2.27. The van der Waals surface area contributed by atoms with Crippen LogP contribution in [0.4, 0.5) is 0 Å². The highest BCUT2D eigenvalue weighted by Crippen LogP contribution is 2.19. The minimum Gasteiger partial charge on any atom is -0.340 e. The Bertz CT molecular complexity index is 425. The van der Waals surface area contributed by atoms with E-state index >= 15 is 0 Å². The predicted molar refractivity (Wildman–Crippen MR) is 90.9 cm³/mol. The summed E-state index contributed by atoms with van der Waals surface area (Å²) in [6.45, 7) is 4.23. The Labute approximate surface area is 137 Å². The van der Waals surface area contributed by atoms with E-state index in [1.165, 1.54) is 17.7 Å². The molecular formula is C15H26ClN3OS. The molecule has 4 nitrogen and oxygen atoms in total. The van der Waals surface area contributed by atoms with Gasteiger partial charge in [0.2, 0.25) is 5.91 Å². The highest BCUT2D eigenvalue weighted by atomic mass is 35.5. The molecule has 6 heteroatoms. The molecule has 1 saturated heterocycles. The van der Waals surface area contributed by atoms with Crippen LogP contribution in [0.5, 0.6) is 0 Å². The van der Waals surface area contributed by atoms with Crippen LogP contribution in [-0.2, 0) is 11.3 Å². The number of hydrogen-bond acceptors (Lipinski definition) is 4. The Morgan fingerprint density at radius 2 is 2.33 bits per heavy atom. The number of carbonyl (C=O) groups excluding carboxylic acids is 1. The molecule has 2 unspecified atom stereocenters. The van der Waals surface area contributed by atoms with Crippen LogP contribution < -0.4 is 5.73 Å². The fraction of sp³-hybridized carbons (Fsp3) is 0.667. The summed E-state index contributed by atoms with van der Waals surface area (Å²) < 4.78 is 0. The monoisotopic (exact) mass is 331 g/mol. The number of nitrogens with two attached hydrogens (primary N) is 1. The molecule has 0 spiro atoms. The van der Waals surface area contributed by atoms with Gasteiger partial charge in [-0.25, -0.2) is 0 Å². The average molecular weight is 332 g/mol. The van der Waals surface area contributed by atoms with Crippen molar-refractivity contribution < 1.29 is 4.79 Å². The molecule has 2 rings (SSSR count). The van der Waals surface area contributed by atoms with E-state index in [1.807, 2.05) is 30.3 Å². The van der Waals surface area contributed by atoms with Gasteiger partial charge in [0.05, 0.1) is 13.1 Å². The minimum absolute atomic E-state index is 0. The summed E-state index contributed by atoms with van der Waals surface area (Å²) in [5.74, 6) is 0.186. The van der Waals surface area contributed by atoms with Crippen LogP contribution in [0.15, 0.2) is 17.5 Å². The first-order valence-corrected chi connectivity index (χ1v) is 8.22. The molecule has 1 aliphatic heterocycles. The zero-order chi connectivity index (χ0) is 14.5. The Morgan fingerprint density at radius 1 is 1.57 bits per heavy atom. The fourth-order valence-electron chi connectivity index (χ4n) is 2.83. The maximum atomic E-state index is 12.4. The number of halogens is 1. The van der Waals surface area contributed by atoms with Crippen LogP contribution in [0.3, 0.4) is 0 Å². The lowest BCUT2D eigenvalue weighted by Gasteiger charge is -2.38. The van der Waals surface area contributed by atoms with Crippen molar-refractivity contribution in [1.29, 1.82) is 0 Å². The molecule has 1 amide bonds. The van der Waals surface area contributed by atoms with Crippen molar-refractivity contribution >= 4 is 29.7 Å². The van der Waals surface area contributed by atoms with E-state index in [-0.39, 0.29) is 24.4 Å². The van der Waals surface area contributed by atoms with Gasteiger partial charge >= 0.3 is 0 Å². The summed E-state index contributed by atoms with van der Waals surface area (Å²) in [4.78, 5) is 17.7. The molecule has 120 valence electrons. The summed E-state index contributed by atoms with van der Waals surface area (Å²) in [6, 6.07) is 4.57. The molecular weight excluding hydrogens is 306 g/mol. The van der Waals surface area contributed by atoms with Gasteiger partial charge in [-0.05, 0) is 37.8 Å². The first-order chi connectivity index (χ1) is 9.58. The maximum Gasteiger partial charge on any atom is 0.236 e. The van der Waals surface area contributed by atoms with Crippen LogP contribution in [0.2, 0.25) is 0 Å². The van der Waals surface area contributed by atoms with Crippen molar-refractivity contribution in [1.82, 2.24) is 9.80 Å². The summed E-state index contributed by atoms with van der Waals surface area (Å²) in [5, 5.41) is 2.05. The van der Waals surface area contributed by atoms with Gasteiger partial charge in [0, 0.05) is 24.0 Å². The van der Waals surface area contributed by atoms with E-state index in [4.69, 9.17) is 5.73 Å². The molecule has 1 aromatic heterocycles. The van der Waals surface area contributed by atoms with Crippen molar-refractivity contribution in [2.75, 3.05) is 20.1 Å². The van der Waals surface area contributed by atoms with E-state index in [0.29, 0.717) is 19.1 Å². The third-order valence-corrected chi connectivity index (χ3v) is 4.87. The van der Waals surface area contributed by atoms with Crippen LogP contribution in [0.1, 0.15) is 31.1 Å². The zero-order valence-electron chi connectivity index (χ0n) is 12.8. The van der Waals surface area contributed by atoms with E-state index < -0.39 is 0 Å².